The van der Waals surface area contributed by atoms with Crippen molar-refractivity contribution in [2.24, 2.45) is 0 Å². The van der Waals surface area contributed by atoms with Gasteiger partial charge in [-0.05, 0) is 13.8 Å². The molecule has 0 aliphatic heterocycles. The maximum atomic E-state index is 13.7. The third-order valence-corrected chi connectivity index (χ3v) is 3.29. The summed E-state index contributed by atoms with van der Waals surface area (Å²) in [6.45, 7) is 2.45. The first-order valence-corrected chi connectivity index (χ1v) is 6.54. The van der Waals surface area contributed by atoms with Crippen molar-refractivity contribution in [3.8, 4) is 0 Å². The molecular weight excluding hydrogens is 421 g/mol. The number of alkyl halides is 13. The van der Waals surface area contributed by atoms with Crippen molar-refractivity contribution in [1.82, 2.24) is 15.0 Å². The highest BCUT2D eigenvalue weighted by Gasteiger charge is 2.91. The molecular formula is C11H8F13N3. The minimum atomic E-state index is -7.93. The molecule has 0 saturated heterocycles. The Hall–Kier alpha value is -1.77. The average Bonchev–Trinajstić information content (AvgIpc) is 2.95. The van der Waals surface area contributed by atoms with E-state index in [1.807, 2.05) is 0 Å². The Balaban J connectivity index is 3.53. The van der Waals surface area contributed by atoms with Crippen LogP contribution in [0.5, 0.6) is 0 Å². The molecule has 0 fully saturated rings. The number of halogens is 13. The molecule has 0 bridgehead atoms. The van der Waals surface area contributed by atoms with E-state index in [9.17, 15) is 57.1 Å². The topological polar surface area (TPSA) is 30.7 Å². The quantitative estimate of drug-likeness (QED) is 0.593. The van der Waals surface area contributed by atoms with Gasteiger partial charge in [0.15, 0.2) is 5.69 Å². The van der Waals surface area contributed by atoms with E-state index in [1.54, 1.807) is 0 Å². The Morgan fingerprint density at radius 3 is 1.44 bits per heavy atom. The van der Waals surface area contributed by atoms with Crippen LogP contribution >= 0.6 is 0 Å². The Labute approximate surface area is 141 Å². The fourth-order valence-electron chi connectivity index (χ4n) is 1.60. The molecule has 1 aromatic rings. The number of nitrogens with zero attached hydrogens (tertiary/aromatic N) is 3. The third kappa shape index (κ3) is 3.09. The van der Waals surface area contributed by atoms with Crippen LogP contribution in [0.1, 0.15) is 25.6 Å². The van der Waals surface area contributed by atoms with Crippen molar-refractivity contribution in [1.29, 1.82) is 0 Å². The van der Waals surface area contributed by atoms with Crippen molar-refractivity contribution in [3.63, 3.8) is 0 Å². The predicted octanol–water partition coefficient (Wildman–Crippen LogP) is 5.05. The Bertz CT molecular complexity index is 673. The van der Waals surface area contributed by atoms with E-state index < -0.39 is 47.5 Å². The van der Waals surface area contributed by atoms with Crippen LogP contribution < -0.4 is 0 Å². The highest BCUT2D eigenvalue weighted by molar-refractivity contribution is 5.17. The highest BCUT2D eigenvalue weighted by atomic mass is 19.4. The Kier molecular flexibility index (Phi) is 5.27. The van der Waals surface area contributed by atoms with Crippen molar-refractivity contribution < 1.29 is 57.1 Å². The molecule has 1 aromatic heterocycles. The van der Waals surface area contributed by atoms with Gasteiger partial charge in [0.1, 0.15) is 0 Å². The molecule has 0 N–H and O–H groups in total. The number of hydrogen-bond acceptors (Lipinski definition) is 2. The lowest BCUT2D eigenvalue weighted by molar-refractivity contribution is -0.442. The van der Waals surface area contributed by atoms with Crippen LogP contribution in [0.4, 0.5) is 57.1 Å². The van der Waals surface area contributed by atoms with Gasteiger partial charge in [-0.15, -0.1) is 5.10 Å². The molecule has 3 nitrogen and oxygen atoms in total. The lowest BCUT2D eigenvalue weighted by Gasteiger charge is -2.39. The second kappa shape index (κ2) is 6.12. The van der Waals surface area contributed by atoms with Gasteiger partial charge in [-0.2, -0.15) is 57.1 Å². The molecule has 0 saturated carbocycles. The molecule has 0 aromatic carbocycles. The van der Waals surface area contributed by atoms with Crippen LogP contribution in [0.3, 0.4) is 0 Å². The van der Waals surface area contributed by atoms with E-state index in [4.69, 9.17) is 0 Å². The zero-order chi connectivity index (χ0) is 21.9. The van der Waals surface area contributed by atoms with Gasteiger partial charge < -0.3 is 0 Å². The molecule has 0 aliphatic rings. The minimum absolute atomic E-state index is 0.0747. The molecule has 27 heavy (non-hydrogen) atoms. The summed E-state index contributed by atoms with van der Waals surface area (Å²) in [5.74, 6) is -37.3. The van der Waals surface area contributed by atoms with Crippen LogP contribution in [0.2, 0.25) is 0 Å². The molecule has 158 valence electrons. The summed E-state index contributed by atoms with van der Waals surface area (Å²) >= 11 is 0. The maximum Gasteiger partial charge on any atom is 0.460 e. The summed E-state index contributed by atoms with van der Waals surface area (Å²) in [5, 5.41) is 5.20. The largest absolute Gasteiger partial charge is 0.460 e. The molecule has 0 atom stereocenters. The van der Waals surface area contributed by atoms with Gasteiger partial charge in [-0.25, -0.2) is 4.68 Å². The van der Waals surface area contributed by atoms with E-state index in [2.05, 4.69) is 10.3 Å². The standard InChI is InChI=1S/C11H8F13N3/c1-4(2)27-3-5(25-26-27)6(12,13)7(14,15)8(16,17)9(18,19)10(20,21)11(22,23)24/h3-4H,1-2H3. The second-order valence-electron chi connectivity index (χ2n) is 5.55. The van der Waals surface area contributed by atoms with Crippen molar-refractivity contribution in [3.05, 3.63) is 11.9 Å². The first kappa shape index (κ1) is 23.3. The lowest BCUT2D eigenvalue weighted by Crippen LogP contribution is -2.69. The van der Waals surface area contributed by atoms with Gasteiger partial charge in [0.2, 0.25) is 0 Å². The SMILES string of the molecule is CC(C)n1cc(C(F)(F)C(F)(F)C(F)(F)C(F)(F)C(F)(F)C(F)(F)F)nn1. The van der Waals surface area contributed by atoms with E-state index in [0.29, 0.717) is 4.68 Å². The number of aromatic nitrogens is 3. The highest BCUT2D eigenvalue weighted by Crippen LogP contribution is 2.61. The summed E-state index contributed by atoms with van der Waals surface area (Å²) < 4.78 is 169. The molecule has 1 heterocycles. The number of rotatable bonds is 6. The molecule has 0 spiro atoms. The third-order valence-electron chi connectivity index (χ3n) is 3.29. The van der Waals surface area contributed by atoms with Crippen molar-refractivity contribution in [2.45, 2.75) is 55.7 Å². The smallest absolute Gasteiger partial charge is 0.250 e. The number of hydrogen-bond donors (Lipinski definition) is 0. The van der Waals surface area contributed by atoms with Crippen LogP contribution in [-0.2, 0) is 5.92 Å². The Morgan fingerprint density at radius 1 is 0.704 bits per heavy atom. The summed E-state index contributed by atoms with van der Waals surface area (Å²) in [6.07, 6.45) is -7.51. The molecule has 0 unspecified atom stereocenters. The lowest BCUT2D eigenvalue weighted by atomic mass is 9.93. The maximum absolute atomic E-state index is 13.7. The summed E-state index contributed by atoms with van der Waals surface area (Å²) in [5.41, 5.74) is -2.34. The zero-order valence-corrected chi connectivity index (χ0v) is 12.9. The minimum Gasteiger partial charge on any atom is -0.250 e. The van der Waals surface area contributed by atoms with E-state index >= 15 is 0 Å². The van der Waals surface area contributed by atoms with Crippen LogP contribution in [0.25, 0.3) is 0 Å². The fourth-order valence-corrected chi connectivity index (χ4v) is 1.60. The van der Waals surface area contributed by atoms with E-state index in [1.165, 1.54) is 13.8 Å². The molecule has 16 heteroatoms. The molecule has 0 radical (unpaired) electrons. The van der Waals surface area contributed by atoms with Gasteiger partial charge in [0, 0.05) is 6.04 Å². The van der Waals surface area contributed by atoms with Crippen molar-refractivity contribution >= 4 is 0 Å². The van der Waals surface area contributed by atoms with Gasteiger partial charge in [0.05, 0.1) is 6.20 Å². The summed E-state index contributed by atoms with van der Waals surface area (Å²) in [7, 11) is 0. The first-order valence-electron chi connectivity index (χ1n) is 6.54. The van der Waals surface area contributed by atoms with Crippen LogP contribution in [0, 0.1) is 0 Å². The van der Waals surface area contributed by atoms with Crippen LogP contribution in [-0.4, -0.2) is 44.9 Å². The summed E-state index contributed by atoms with van der Waals surface area (Å²) in [4.78, 5) is 0. The molecule has 1 rings (SSSR count). The monoisotopic (exact) mass is 429 g/mol. The molecule has 0 aliphatic carbocycles. The van der Waals surface area contributed by atoms with E-state index in [-0.39, 0.29) is 6.20 Å². The van der Waals surface area contributed by atoms with Crippen molar-refractivity contribution in [2.75, 3.05) is 0 Å². The van der Waals surface area contributed by atoms with E-state index in [0.717, 1.165) is 0 Å². The van der Waals surface area contributed by atoms with Gasteiger partial charge in [-0.1, -0.05) is 5.21 Å². The first-order chi connectivity index (χ1) is 11.7. The average molecular weight is 429 g/mol. The Morgan fingerprint density at radius 2 is 1.11 bits per heavy atom. The van der Waals surface area contributed by atoms with Gasteiger partial charge >= 0.3 is 35.8 Å². The summed E-state index contributed by atoms with van der Waals surface area (Å²) in [6, 6.07) is -0.854. The van der Waals surface area contributed by atoms with Gasteiger partial charge in [0.25, 0.3) is 0 Å². The second-order valence-corrected chi connectivity index (χ2v) is 5.55. The molecule has 0 amide bonds. The van der Waals surface area contributed by atoms with Crippen LogP contribution in [0.15, 0.2) is 6.20 Å². The zero-order valence-electron chi connectivity index (χ0n) is 12.9. The predicted molar refractivity (Wildman–Crippen MR) is 60.1 cm³/mol. The normalized spacial score (nSPS) is 15.6. The fraction of sp³-hybridized carbons (Fsp3) is 0.818. The van der Waals surface area contributed by atoms with Gasteiger partial charge in [-0.3, -0.25) is 0 Å².